The molecule has 0 aliphatic rings. The number of methoxy groups -OCH3 is 2. The lowest BCUT2D eigenvalue weighted by atomic mass is 9.96. The van der Waals surface area contributed by atoms with Crippen LogP contribution in [-0.4, -0.2) is 27.4 Å². The molecule has 0 heterocycles. The molecule has 2 aromatic rings. The molecule has 128 valence electrons. The Morgan fingerprint density at radius 1 is 0.667 bits per heavy atom. The van der Waals surface area contributed by atoms with Gasteiger partial charge in [-0.3, -0.25) is 0 Å². The monoisotopic (exact) mass is 332 g/mol. The van der Waals surface area contributed by atoms with Crippen molar-refractivity contribution in [3.8, 4) is 0 Å². The molecular formula is C20H22F2O2. The van der Waals surface area contributed by atoms with E-state index >= 15 is 0 Å². The van der Waals surface area contributed by atoms with Crippen molar-refractivity contribution < 1.29 is 18.3 Å². The Morgan fingerprint density at radius 2 is 1.00 bits per heavy atom. The van der Waals surface area contributed by atoms with Crippen LogP contribution in [0.1, 0.15) is 11.1 Å². The maximum absolute atomic E-state index is 13.1. The summed E-state index contributed by atoms with van der Waals surface area (Å²) < 4.78 is 36.8. The zero-order chi connectivity index (χ0) is 17.4. The first kappa shape index (κ1) is 18.3. The lowest BCUT2D eigenvalue weighted by molar-refractivity contribution is 0.208. The molecule has 0 amide bonds. The number of ether oxygens (including phenoxy) is 2. The van der Waals surface area contributed by atoms with Gasteiger partial charge in [0.1, 0.15) is 11.6 Å². The van der Waals surface area contributed by atoms with Crippen molar-refractivity contribution in [2.75, 3.05) is 27.4 Å². The third-order valence-electron chi connectivity index (χ3n) is 3.80. The topological polar surface area (TPSA) is 18.5 Å². The molecule has 0 atom stereocenters. The first-order chi connectivity index (χ1) is 11.6. The van der Waals surface area contributed by atoms with Crippen molar-refractivity contribution in [2.45, 2.75) is 12.8 Å². The Morgan fingerprint density at radius 3 is 1.29 bits per heavy atom. The van der Waals surface area contributed by atoms with Crippen molar-refractivity contribution in [2.24, 2.45) is 0 Å². The first-order valence-corrected chi connectivity index (χ1v) is 7.79. The van der Waals surface area contributed by atoms with Crippen molar-refractivity contribution in [3.63, 3.8) is 0 Å². The average molecular weight is 332 g/mol. The van der Waals surface area contributed by atoms with Crippen LogP contribution in [0.25, 0.3) is 0 Å². The van der Waals surface area contributed by atoms with Crippen molar-refractivity contribution in [1.82, 2.24) is 0 Å². The summed E-state index contributed by atoms with van der Waals surface area (Å²) in [5.74, 6) is -0.501. The fraction of sp³-hybridized carbons (Fsp3) is 0.300. The van der Waals surface area contributed by atoms with Crippen LogP contribution in [0.5, 0.6) is 0 Å². The minimum Gasteiger partial charge on any atom is -0.380 e. The van der Waals surface area contributed by atoms with Crippen LogP contribution in [0.2, 0.25) is 0 Å². The quantitative estimate of drug-likeness (QED) is 0.670. The second-order valence-electron chi connectivity index (χ2n) is 5.68. The van der Waals surface area contributed by atoms with Gasteiger partial charge in [0.15, 0.2) is 0 Å². The van der Waals surface area contributed by atoms with Gasteiger partial charge < -0.3 is 9.47 Å². The second kappa shape index (κ2) is 9.30. The van der Waals surface area contributed by atoms with Gasteiger partial charge in [-0.05, 0) is 59.4 Å². The van der Waals surface area contributed by atoms with E-state index in [9.17, 15) is 8.78 Å². The SMILES string of the molecule is COC/C(Cc1ccc(F)cc1)=C(\COC)Cc1ccc(F)cc1. The highest BCUT2D eigenvalue weighted by Gasteiger charge is 2.10. The molecule has 0 aliphatic heterocycles. The molecule has 24 heavy (non-hydrogen) atoms. The predicted molar refractivity (Wildman–Crippen MR) is 91.0 cm³/mol. The Bertz CT molecular complexity index is 602. The molecule has 0 bridgehead atoms. The van der Waals surface area contributed by atoms with E-state index in [0.29, 0.717) is 26.1 Å². The number of rotatable bonds is 8. The Balaban J connectivity index is 2.26. The number of hydrogen-bond donors (Lipinski definition) is 0. The normalized spacial score (nSPS) is 12.2. The highest BCUT2D eigenvalue weighted by Crippen LogP contribution is 2.18. The molecule has 0 radical (unpaired) electrons. The van der Waals surface area contributed by atoms with Crippen LogP contribution in [-0.2, 0) is 22.3 Å². The molecule has 4 heteroatoms. The van der Waals surface area contributed by atoms with Gasteiger partial charge in [0, 0.05) is 14.2 Å². The third kappa shape index (κ3) is 5.55. The van der Waals surface area contributed by atoms with Crippen LogP contribution in [0.3, 0.4) is 0 Å². The molecule has 2 aromatic carbocycles. The van der Waals surface area contributed by atoms with E-state index in [-0.39, 0.29) is 11.6 Å². The molecule has 0 saturated heterocycles. The maximum atomic E-state index is 13.1. The van der Waals surface area contributed by atoms with Gasteiger partial charge in [-0.15, -0.1) is 0 Å². The van der Waals surface area contributed by atoms with E-state index in [2.05, 4.69) is 0 Å². The summed E-state index contributed by atoms with van der Waals surface area (Å²) in [6, 6.07) is 12.9. The molecule has 0 spiro atoms. The first-order valence-electron chi connectivity index (χ1n) is 7.79. The number of halogens is 2. The average Bonchev–Trinajstić information content (AvgIpc) is 2.58. The van der Waals surface area contributed by atoms with E-state index in [0.717, 1.165) is 22.3 Å². The molecule has 2 rings (SSSR count). The Labute approximate surface area is 141 Å². The largest absolute Gasteiger partial charge is 0.380 e. The number of hydrogen-bond acceptors (Lipinski definition) is 2. The smallest absolute Gasteiger partial charge is 0.123 e. The molecule has 0 N–H and O–H groups in total. The predicted octanol–water partition coefficient (Wildman–Crippen LogP) is 4.34. The minimum absolute atomic E-state index is 0.251. The summed E-state index contributed by atoms with van der Waals surface area (Å²) in [4.78, 5) is 0. The lowest BCUT2D eigenvalue weighted by Crippen LogP contribution is -2.09. The van der Waals surface area contributed by atoms with Gasteiger partial charge in [-0.2, -0.15) is 0 Å². The van der Waals surface area contributed by atoms with Gasteiger partial charge in [0.25, 0.3) is 0 Å². The molecule has 0 unspecified atom stereocenters. The molecular weight excluding hydrogens is 310 g/mol. The van der Waals surface area contributed by atoms with Crippen LogP contribution in [0.4, 0.5) is 8.78 Å². The summed E-state index contributed by atoms with van der Waals surface area (Å²) in [5.41, 5.74) is 4.21. The van der Waals surface area contributed by atoms with E-state index in [1.54, 1.807) is 38.5 Å². The van der Waals surface area contributed by atoms with E-state index in [1.165, 1.54) is 24.3 Å². The third-order valence-corrected chi connectivity index (χ3v) is 3.80. The van der Waals surface area contributed by atoms with Gasteiger partial charge in [-0.1, -0.05) is 24.3 Å². The van der Waals surface area contributed by atoms with Crippen LogP contribution in [0, 0.1) is 11.6 Å². The zero-order valence-corrected chi connectivity index (χ0v) is 14.0. The van der Waals surface area contributed by atoms with Crippen molar-refractivity contribution in [3.05, 3.63) is 82.4 Å². The van der Waals surface area contributed by atoms with E-state index in [1.807, 2.05) is 0 Å². The number of benzene rings is 2. The Kier molecular flexibility index (Phi) is 7.09. The van der Waals surface area contributed by atoms with Gasteiger partial charge in [0.2, 0.25) is 0 Å². The van der Waals surface area contributed by atoms with Gasteiger partial charge in [-0.25, -0.2) is 8.78 Å². The summed E-state index contributed by atoms with van der Waals surface area (Å²) in [7, 11) is 3.29. The highest BCUT2D eigenvalue weighted by molar-refractivity contribution is 5.30. The van der Waals surface area contributed by atoms with E-state index < -0.39 is 0 Å². The molecule has 0 aliphatic carbocycles. The van der Waals surface area contributed by atoms with Crippen molar-refractivity contribution in [1.29, 1.82) is 0 Å². The molecule has 0 saturated carbocycles. The van der Waals surface area contributed by atoms with Gasteiger partial charge in [0.05, 0.1) is 13.2 Å². The Hall–Kier alpha value is -2.04. The highest BCUT2D eigenvalue weighted by atomic mass is 19.1. The fourth-order valence-corrected chi connectivity index (χ4v) is 2.60. The summed E-state index contributed by atoms with van der Waals surface area (Å²) in [5, 5.41) is 0. The van der Waals surface area contributed by atoms with Crippen LogP contribution >= 0.6 is 0 Å². The summed E-state index contributed by atoms with van der Waals surface area (Å²) >= 11 is 0. The molecule has 2 nitrogen and oxygen atoms in total. The lowest BCUT2D eigenvalue weighted by Gasteiger charge is -2.15. The van der Waals surface area contributed by atoms with Gasteiger partial charge >= 0.3 is 0 Å². The second-order valence-corrected chi connectivity index (χ2v) is 5.68. The fourth-order valence-electron chi connectivity index (χ4n) is 2.60. The minimum atomic E-state index is -0.251. The molecule has 0 aromatic heterocycles. The summed E-state index contributed by atoms with van der Waals surface area (Å²) in [6.07, 6.45) is 1.32. The van der Waals surface area contributed by atoms with Crippen molar-refractivity contribution >= 4 is 0 Å². The zero-order valence-electron chi connectivity index (χ0n) is 14.0. The van der Waals surface area contributed by atoms with E-state index in [4.69, 9.17) is 9.47 Å². The standard InChI is InChI=1S/C20H22F2O2/c1-23-13-17(11-15-3-7-19(21)8-4-15)18(14-24-2)12-16-5-9-20(22)10-6-16/h3-10H,11-14H2,1-2H3/b18-17-. The summed E-state index contributed by atoms with van der Waals surface area (Å²) in [6.45, 7) is 0.939. The molecule has 0 fully saturated rings. The van der Waals surface area contributed by atoms with Crippen LogP contribution < -0.4 is 0 Å². The van der Waals surface area contributed by atoms with Crippen LogP contribution in [0.15, 0.2) is 59.7 Å². The maximum Gasteiger partial charge on any atom is 0.123 e.